The molecule has 0 saturated heterocycles. The number of anilines is 3. The van der Waals surface area contributed by atoms with Crippen molar-refractivity contribution in [3.8, 4) is 0 Å². The minimum atomic E-state index is 0.00764. The van der Waals surface area contributed by atoms with Gasteiger partial charge in [0.1, 0.15) is 5.69 Å². The number of nitrogens with zero attached hydrogens (tertiary/aromatic N) is 4. The van der Waals surface area contributed by atoms with Crippen LogP contribution < -0.4 is 9.80 Å². The molecular weight excluding hydrogens is 300 g/mol. The van der Waals surface area contributed by atoms with Gasteiger partial charge in [-0.3, -0.25) is 4.79 Å². The Hall–Kier alpha value is -2.82. The van der Waals surface area contributed by atoms with Crippen LogP contribution >= 0.6 is 0 Å². The summed E-state index contributed by atoms with van der Waals surface area (Å²) in [6.07, 6.45) is 1.78. The van der Waals surface area contributed by atoms with Gasteiger partial charge in [0.2, 0.25) is 0 Å². The fraction of sp³-hybridized carbons (Fsp3) is 0.263. The Morgan fingerprint density at radius 2 is 1.83 bits per heavy atom. The van der Waals surface area contributed by atoms with E-state index >= 15 is 0 Å². The van der Waals surface area contributed by atoms with E-state index in [-0.39, 0.29) is 5.91 Å². The van der Waals surface area contributed by atoms with Gasteiger partial charge in [-0.15, -0.1) is 0 Å². The SMILES string of the molecule is CCN1c2ncccc2N(C)C(=O)c2c1c1ccccc1n2CC. The van der Waals surface area contributed by atoms with Crippen LogP contribution in [-0.2, 0) is 6.54 Å². The highest BCUT2D eigenvalue weighted by Gasteiger charge is 2.34. The zero-order valence-electron chi connectivity index (χ0n) is 14.2. The van der Waals surface area contributed by atoms with Crippen molar-refractivity contribution in [3.63, 3.8) is 0 Å². The Labute approximate surface area is 141 Å². The van der Waals surface area contributed by atoms with Crippen molar-refractivity contribution in [1.82, 2.24) is 9.55 Å². The average Bonchev–Trinajstić information content (AvgIpc) is 2.91. The van der Waals surface area contributed by atoms with Gasteiger partial charge in [0.05, 0.1) is 16.9 Å². The molecule has 5 nitrogen and oxygen atoms in total. The number of benzene rings is 1. The Morgan fingerprint density at radius 3 is 2.58 bits per heavy atom. The fourth-order valence-corrected chi connectivity index (χ4v) is 3.64. The van der Waals surface area contributed by atoms with Gasteiger partial charge in [0.15, 0.2) is 5.82 Å². The Kier molecular flexibility index (Phi) is 3.30. The van der Waals surface area contributed by atoms with Gasteiger partial charge in [0.25, 0.3) is 5.91 Å². The molecule has 3 aromatic rings. The van der Waals surface area contributed by atoms with Crippen LogP contribution in [0.15, 0.2) is 42.6 Å². The molecule has 0 fully saturated rings. The highest BCUT2D eigenvalue weighted by atomic mass is 16.2. The number of pyridine rings is 1. The molecule has 0 spiro atoms. The molecule has 0 unspecified atom stereocenters. The predicted octanol–water partition coefficient (Wildman–Crippen LogP) is 3.80. The molecule has 5 heteroatoms. The summed E-state index contributed by atoms with van der Waals surface area (Å²) < 4.78 is 2.11. The van der Waals surface area contributed by atoms with Crippen molar-refractivity contribution < 1.29 is 4.79 Å². The molecule has 1 amide bonds. The first-order chi connectivity index (χ1) is 11.7. The van der Waals surface area contributed by atoms with Crippen LogP contribution in [0.1, 0.15) is 24.3 Å². The second kappa shape index (κ2) is 5.37. The van der Waals surface area contributed by atoms with Crippen LogP contribution in [0, 0.1) is 0 Å². The molecule has 1 aromatic carbocycles. The Bertz CT molecular complexity index is 944. The number of aryl methyl sites for hydroxylation is 1. The fourth-order valence-electron chi connectivity index (χ4n) is 3.64. The quantitative estimate of drug-likeness (QED) is 0.721. The van der Waals surface area contributed by atoms with Crippen molar-refractivity contribution in [2.75, 3.05) is 23.4 Å². The van der Waals surface area contributed by atoms with Crippen LogP contribution in [0.4, 0.5) is 17.2 Å². The summed E-state index contributed by atoms with van der Waals surface area (Å²) in [5.41, 5.74) is 3.63. The summed E-state index contributed by atoms with van der Waals surface area (Å²) in [7, 11) is 1.82. The molecule has 2 aromatic heterocycles. The third-order valence-corrected chi connectivity index (χ3v) is 4.74. The van der Waals surface area contributed by atoms with E-state index in [1.54, 1.807) is 11.1 Å². The number of aromatic nitrogens is 2. The van der Waals surface area contributed by atoms with Crippen LogP contribution in [0.2, 0.25) is 0 Å². The van der Waals surface area contributed by atoms with Gasteiger partial charge in [-0.2, -0.15) is 0 Å². The monoisotopic (exact) mass is 320 g/mol. The lowest BCUT2D eigenvalue weighted by atomic mass is 10.2. The van der Waals surface area contributed by atoms with Gasteiger partial charge >= 0.3 is 0 Å². The van der Waals surface area contributed by atoms with Gasteiger partial charge in [0, 0.05) is 31.7 Å². The first kappa shape index (κ1) is 14.8. The average molecular weight is 320 g/mol. The predicted molar refractivity (Wildman–Crippen MR) is 97.3 cm³/mol. The van der Waals surface area contributed by atoms with Crippen molar-refractivity contribution >= 4 is 34.0 Å². The molecule has 0 saturated carbocycles. The second-order valence-corrected chi connectivity index (χ2v) is 5.91. The maximum absolute atomic E-state index is 13.3. The molecule has 0 radical (unpaired) electrons. The van der Waals surface area contributed by atoms with Crippen LogP contribution in [0.3, 0.4) is 0 Å². The third kappa shape index (κ3) is 1.81. The van der Waals surface area contributed by atoms with E-state index in [0.29, 0.717) is 0 Å². The highest BCUT2D eigenvalue weighted by molar-refractivity contribution is 6.18. The number of fused-ring (bicyclic) bond motifs is 4. The highest BCUT2D eigenvalue weighted by Crippen LogP contribution is 2.43. The lowest BCUT2D eigenvalue weighted by Gasteiger charge is -2.23. The molecule has 4 rings (SSSR count). The maximum atomic E-state index is 13.3. The normalized spacial score (nSPS) is 13.9. The van der Waals surface area contributed by atoms with E-state index in [1.807, 2.05) is 31.3 Å². The van der Waals surface area contributed by atoms with Crippen molar-refractivity contribution in [1.29, 1.82) is 0 Å². The van der Waals surface area contributed by atoms with Crippen LogP contribution in [0.5, 0.6) is 0 Å². The standard InChI is InChI=1S/C19H20N4O/c1-4-22-14-10-7-6-9-13(14)16-17(22)19(24)21(3)15-11-8-12-20-18(15)23(16)5-2/h6-12H,4-5H2,1-3H3. The van der Waals surface area contributed by atoms with Gasteiger partial charge < -0.3 is 14.4 Å². The van der Waals surface area contributed by atoms with E-state index < -0.39 is 0 Å². The van der Waals surface area contributed by atoms with Crippen molar-refractivity contribution in [3.05, 3.63) is 48.3 Å². The summed E-state index contributed by atoms with van der Waals surface area (Å²) >= 11 is 0. The van der Waals surface area contributed by atoms with E-state index in [2.05, 4.69) is 40.4 Å². The maximum Gasteiger partial charge on any atom is 0.276 e. The van der Waals surface area contributed by atoms with Gasteiger partial charge in [-0.25, -0.2) is 4.98 Å². The largest absolute Gasteiger partial charge is 0.335 e. The number of hydrogen-bond acceptors (Lipinski definition) is 3. The summed E-state index contributed by atoms with van der Waals surface area (Å²) in [5.74, 6) is 0.835. The van der Waals surface area contributed by atoms with Crippen LogP contribution in [0.25, 0.3) is 10.9 Å². The molecule has 1 aliphatic rings. The summed E-state index contributed by atoms with van der Waals surface area (Å²) in [5, 5.41) is 1.09. The number of carbonyl (C=O) groups is 1. The first-order valence-corrected chi connectivity index (χ1v) is 8.30. The molecule has 0 N–H and O–H groups in total. The van der Waals surface area contributed by atoms with Gasteiger partial charge in [-0.1, -0.05) is 18.2 Å². The first-order valence-electron chi connectivity index (χ1n) is 8.30. The molecule has 3 heterocycles. The van der Waals surface area contributed by atoms with E-state index in [9.17, 15) is 4.79 Å². The molecule has 0 atom stereocenters. The molecule has 24 heavy (non-hydrogen) atoms. The number of amides is 1. The zero-order valence-corrected chi connectivity index (χ0v) is 14.2. The molecule has 1 aliphatic heterocycles. The topological polar surface area (TPSA) is 41.4 Å². The summed E-state index contributed by atoms with van der Waals surface area (Å²) in [4.78, 5) is 21.7. The number of para-hydroxylation sites is 1. The lowest BCUT2D eigenvalue weighted by molar-refractivity contribution is 0.0986. The lowest BCUT2D eigenvalue weighted by Crippen LogP contribution is -2.27. The molecule has 122 valence electrons. The smallest absolute Gasteiger partial charge is 0.276 e. The third-order valence-electron chi connectivity index (χ3n) is 4.74. The number of carbonyl (C=O) groups excluding carboxylic acids is 1. The summed E-state index contributed by atoms with van der Waals surface area (Å²) in [6, 6.07) is 12.0. The number of rotatable bonds is 2. The minimum Gasteiger partial charge on any atom is -0.335 e. The van der Waals surface area contributed by atoms with E-state index in [0.717, 1.165) is 46.9 Å². The molecule has 0 aliphatic carbocycles. The second-order valence-electron chi connectivity index (χ2n) is 5.91. The molecule has 0 bridgehead atoms. The molecular formula is C19H20N4O. The van der Waals surface area contributed by atoms with Crippen LogP contribution in [-0.4, -0.2) is 29.1 Å². The van der Waals surface area contributed by atoms with E-state index in [1.165, 1.54) is 0 Å². The van der Waals surface area contributed by atoms with Gasteiger partial charge in [-0.05, 0) is 32.0 Å². The van der Waals surface area contributed by atoms with Crippen molar-refractivity contribution in [2.45, 2.75) is 20.4 Å². The summed E-state index contributed by atoms with van der Waals surface area (Å²) in [6.45, 7) is 5.66. The minimum absolute atomic E-state index is 0.00764. The van der Waals surface area contributed by atoms with Crippen molar-refractivity contribution in [2.24, 2.45) is 0 Å². The zero-order chi connectivity index (χ0) is 16.8. The Balaban J connectivity index is 2.16. The number of hydrogen-bond donors (Lipinski definition) is 0. The Morgan fingerprint density at radius 1 is 1.04 bits per heavy atom. The van der Waals surface area contributed by atoms with E-state index in [4.69, 9.17) is 0 Å².